The molecular formula is C12H11BrIN2O4S-. The van der Waals surface area contributed by atoms with Crippen molar-refractivity contribution < 1.29 is 18.0 Å². The Balaban J connectivity index is 2.68. The van der Waals surface area contributed by atoms with Crippen LogP contribution in [0, 0.1) is 3.77 Å². The Kier molecular flexibility index (Phi) is 5.28. The van der Waals surface area contributed by atoms with Crippen molar-refractivity contribution in [3.63, 3.8) is 0 Å². The first-order valence-corrected chi connectivity index (χ1v) is 8.81. The molecule has 0 aliphatic rings. The number of hydrogen-bond donors (Lipinski definition) is 1. The standard InChI is InChI=1S/C12H12BrIN2O4S/c1-3-16(21(18)19)8-5-9-6(4-7(8)13)10(11(14)20-9)12(17)15-2/h4-5H,3H2,1-2H3,(H,15,17)(H,18,19)/p-1. The molecule has 9 heteroatoms. The van der Waals surface area contributed by atoms with E-state index in [1.165, 1.54) is 4.31 Å². The van der Waals surface area contributed by atoms with Crippen LogP contribution in [0.25, 0.3) is 11.0 Å². The molecule has 1 aromatic heterocycles. The molecule has 1 aromatic carbocycles. The zero-order valence-electron chi connectivity index (χ0n) is 11.1. The van der Waals surface area contributed by atoms with E-state index in [9.17, 15) is 13.6 Å². The molecule has 1 heterocycles. The second-order valence-electron chi connectivity index (χ2n) is 4.04. The van der Waals surface area contributed by atoms with E-state index in [2.05, 4.69) is 21.2 Å². The van der Waals surface area contributed by atoms with Gasteiger partial charge in [0.05, 0.1) is 11.3 Å². The fourth-order valence-corrected chi connectivity index (χ4v) is 3.93. The lowest BCUT2D eigenvalue weighted by atomic mass is 10.1. The Hall–Kier alpha value is -0.650. The van der Waals surface area contributed by atoms with Crippen LogP contribution in [0.4, 0.5) is 5.69 Å². The fraction of sp³-hybridized carbons (Fsp3) is 0.250. The van der Waals surface area contributed by atoms with Gasteiger partial charge >= 0.3 is 0 Å². The van der Waals surface area contributed by atoms with Gasteiger partial charge in [-0.3, -0.25) is 9.00 Å². The van der Waals surface area contributed by atoms with E-state index in [0.717, 1.165) is 0 Å². The van der Waals surface area contributed by atoms with E-state index >= 15 is 0 Å². The van der Waals surface area contributed by atoms with Crippen LogP contribution < -0.4 is 9.62 Å². The number of carbonyl (C=O) groups excluding carboxylic acids is 1. The molecule has 0 spiro atoms. The zero-order chi connectivity index (χ0) is 15.7. The van der Waals surface area contributed by atoms with Crippen LogP contribution in [0.2, 0.25) is 0 Å². The van der Waals surface area contributed by atoms with Gasteiger partial charge in [-0.15, -0.1) is 0 Å². The van der Waals surface area contributed by atoms with E-state index in [1.807, 2.05) is 22.6 Å². The lowest BCUT2D eigenvalue weighted by Gasteiger charge is -2.25. The number of benzene rings is 1. The molecule has 1 unspecified atom stereocenters. The summed E-state index contributed by atoms with van der Waals surface area (Å²) in [6.07, 6.45) is 0. The minimum absolute atomic E-state index is 0.252. The van der Waals surface area contributed by atoms with Gasteiger partial charge in [0, 0.05) is 63.4 Å². The third kappa shape index (κ3) is 3.10. The Morgan fingerprint density at radius 3 is 2.76 bits per heavy atom. The van der Waals surface area contributed by atoms with E-state index in [0.29, 0.717) is 37.0 Å². The van der Waals surface area contributed by atoms with Gasteiger partial charge in [-0.25, -0.2) is 0 Å². The van der Waals surface area contributed by atoms with Crippen molar-refractivity contribution in [3.05, 3.63) is 25.9 Å². The van der Waals surface area contributed by atoms with E-state index in [4.69, 9.17) is 4.42 Å². The summed E-state index contributed by atoms with van der Waals surface area (Å²) in [6, 6.07) is 3.30. The molecule has 0 aliphatic heterocycles. The number of nitrogens with one attached hydrogen (secondary N) is 1. The third-order valence-corrected chi connectivity index (χ3v) is 5.11. The summed E-state index contributed by atoms with van der Waals surface area (Å²) in [5, 5.41) is 3.19. The molecule has 0 fully saturated rings. The lowest BCUT2D eigenvalue weighted by molar-refractivity contribution is 0.0962. The second kappa shape index (κ2) is 6.63. The van der Waals surface area contributed by atoms with Gasteiger partial charge in [0.1, 0.15) is 5.58 Å². The van der Waals surface area contributed by atoms with Crippen LogP contribution >= 0.6 is 38.5 Å². The van der Waals surface area contributed by atoms with Crippen molar-refractivity contribution in [2.24, 2.45) is 0 Å². The first kappa shape index (κ1) is 16.7. The molecule has 0 radical (unpaired) electrons. The van der Waals surface area contributed by atoms with Crippen molar-refractivity contribution in [1.82, 2.24) is 5.32 Å². The molecule has 1 amide bonds. The first-order chi connectivity index (χ1) is 9.90. The molecular weight excluding hydrogens is 475 g/mol. The van der Waals surface area contributed by atoms with Gasteiger partial charge in [-0.05, 0) is 28.9 Å². The molecule has 0 saturated carbocycles. The lowest BCUT2D eigenvalue weighted by Crippen LogP contribution is -2.25. The number of anilines is 1. The fourth-order valence-electron chi connectivity index (χ4n) is 1.96. The molecule has 21 heavy (non-hydrogen) atoms. The summed E-state index contributed by atoms with van der Waals surface area (Å²) in [5.41, 5.74) is 1.36. The van der Waals surface area contributed by atoms with Crippen molar-refractivity contribution in [3.8, 4) is 0 Å². The number of furan rings is 1. The molecule has 0 bridgehead atoms. The van der Waals surface area contributed by atoms with Gasteiger partial charge in [0.2, 0.25) is 0 Å². The van der Waals surface area contributed by atoms with Crippen molar-refractivity contribution in [2.75, 3.05) is 17.9 Å². The number of rotatable bonds is 4. The van der Waals surface area contributed by atoms with E-state index in [1.54, 1.807) is 26.1 Å². The average molecular weight is 486 g/mol. The largest absolute Gasteiger partial charge is 0.755 e. The topological polar surface area (TPSA) is 85.6 Å². The monoisotopic (exact) mass is 485 g/mol. The summed E-state index contributed by atoms with van der Waals surface area (Å²) in [4.78, 5) is 11.9. The first-order valence-electron chi connectivity index (χ1n) is 5.91. The number of carbonyl (C=O) groups is 1. The van der Waals surface area contributed by atoms with Crippen LogP contribution in [0.15, 0.2) is 21.0 Å². The Bertz CT molecular complexity index is 734. The van der Waals surface area contributed by atoms with Gasteiger partial charge in [0.25, 0.3) is 5.91 Å². The Morgan fingerprint density at radius 2 is 2.24 bits per heavy atom. The summed E-state index contributed by atoms with van der Waals surface area (Å²) in [7, 11) is 1.54. The molecule has 1 N–H and O–H groups in total. The minimum Gasteiger partial charge on any atom is -0.755 e. The van der Waals surface area contributed by atoms with Crippen LogP contribution in [0.1, 0.15) is 17.3 Å². The highest BCUT2D eigenvalue weighted by Gasteiger charge is 2.21. The molecule has 1 atom stereocenters. The summed E-state index contributed by atoms with van der Waals surface area (Å²) in [5.74, 6) is -0.252. The van der Waals surface area contributed by atoms with Crippen LogP contribution in [-0.2, 0) is 11.3 Å². The number of halogens is 2. The molecule has 2 rings (SSSR count). The molecule has 0 saturated heterocycles. The number of amides is 1. The molecule has 6 nitrogen and oxygen atoms in total. The average Bonchev–Trinajstić information content (AvgIpc) is 2.74. The predicted molar refractivity (Wildman–Crippen MR) is 92.0 cm³/mol. The van der Waals surface area contributed by atoms with E-state index < -0.39 is 11.3 Å². The smallest absolute Gasteiger partial charge is 0.256 e. The highest BCUT2D eigenvalue weighted by atomic mass is 127. The number of fused-ring (bicyclic) bond motifs is 1. The maximum Gasteiger partial charge on any atom is 0.256 e. The zero-order valence-corrected chi connectivity index (χ0v) is 15.7. The summed E-state index contributed by atoms with van der Waals surface area (Å²) < 4.78 is 30.3. The quantitative estimate of drug-likeness (QED) is 0.533. The van der Waals surface area contributed by atoms with Crippen LogP contribution in [0.3, 0.4) is 0 Å². The number of nitrogens with zero attached hydrogens (tertiary/aromatic N) is 1. The highest BCUT2D eigenvalue weighted by Crippen LogP contribution is 2.36. The third-order valence-electron chi connectivity index (χ3n) is 2.90. The van der Waals surface area contributed by atoms with Gasteiger partial charge in [-0.1, -0.05) is 0 Å². The maximum absolute atomic E-state index is 11.9. The minimum atomic E-state index is -2.39. The van der Waals surface area contributed by atoms with Crippen molar-refractivity contribution in [2.45, 2.75) is 6.92 Å². The van der Waals surface area contributed by atoms with Gasteiger partial charge in [0.15, 0.2) is 3.77 Å². The van der Waals surface area contributed by atoms with Crippen molar-refractivity contribution in [1.29, 1.82) is 0 Å². The predicted octanol–water partition coefficient (Wildman–Crippen LogP) is 2.78. The van der Waals surface area contributed by atoms with Crippen molar-refractivity contribution >= 4 is 72.4 Å². The molecule has 114 valence electrons. The van der Waals surface area contributed by atoms with Crippen LogP contribution in [0.5, 0.6) is 0 Å². The second-order valence-corrected chi connectivity index (χ2v) is 6.75. The summed E-state index contributed by atoms with van der Waals surface area (Å²) >= 11 is 2.90. The highest BCUT2D eigenvalue weighted by molar-refractivity contribution is 14.1. The van der Waals surface area contributed by atoms with Gasteiger partial charge < -0.3 is 18.6 Å². The van der Waals surface area contributed by atoms with Crippen LogP contribution in [-0.4, -0.2) is 28.3 Å². The molecule has 0 aliphatic carbocycles. The number of hydrogen-bond acceptors (Lipinski definition) is 4. The van der Waals surface area contributed by atoms with Gasteiger partial charge in [-0.2, -0.15) is 0 Å². The summed E-state index contributed by atoms with van der Waals surface area (Å²) in [6.45, 7) is 2.02. The van der Waals surface area contributed by atoms with E-state index in [-0.39, 0.29) is 5.91 Å². The normalized spacial score (nSPS) is 12.4. The maximum atomic E-state index is 11.9. The SMILES string of the molecule is CCN(c1cc2oc(I)c(C(=O)NC)c2cc1Br)S(=O)[O-]. The Labute approximate surface area is 145 Å². The molecule has 2 aromatic rings. The Morgan fingerprint density at radius 1 is 1.57 bits per heavy atom.